The first-order valence-corrected chi connectivity index (χ1v) is 12.2. The number of anilines is 2. The van der Waals surface area contributed by atoms with Gasteiger partial charge in [-0.15, -0.1) is 0 Å². The second kappa shape index (κ2) is 8.69. The van der Waals surface area contributed by atoms with Crippen molar-refractivity contribution >= 4 is 34.2 Å². The number of morpholine rings is 1. The lowest BCUT2D eigenvalue weighted by molar-refractivity contribution is 0.122. The van der Waals surface area contributed by atoms with Crippen LogP contribution in [0.1, 0.15) is 18.5 Å². The molecule has 7 nitrogen and oxygen atoms in total. The van der Waals surface area contributed by atoms with E-state index in [2.05, 4.69) is 9.80 Å². The summed E-state index contributed by atoms with van der Waals surface area (Å²) >= 11 is 5.95. The zero-order chi connectivity index (χ0) is 20.5. The van der Waals surface area contributed by atoms with E-state index < -0.39 is 10.8 Å². The molecule has 0 unspecified atom stereocenters. The van der Waals surface area contributed by atoms with Crippen molar-refractivity contribution < 1.29 is 13.7 Å². The number of piperidine rings is 1. The quantitative estimate of drug-likeness (QED) is 0.712. The van der Waals surface area contributed by atoms with Crippen LogP contribution in [0, 0.1) is 0 Å². The van der Waals surface area contributed by atoms with E-state index in [0.29, 0.717) is 24.0 Å². The molecule has 1 atom stereocenters. The van der Waals surface area contributed by atoms with Crippen LogP contribution in [0.25, 0.3) is 0 Å². The number of hydrogen-bond acceptors (Lipinski definition) is 7. The minimum Gasteiger partial charge on any atom is -0.490 e. The van der Waals surface area contributed by atoms with E-state index >= 15 is 0 Å². The van der Waals surface area contributed by atoms with Crippen molar-refractivity contribution in [1.82, 2.24) is 9.97 Å². The van der Waals surface area contributed by atoms with Crippen LogP contribution in [0.3, 0.4) is 0 Å². The first kappa shape index (κ1) is 20.0. The molecule has 0 radical (unpaired) electrons. The Morgan fingerprint density at radius 3 is 2.50 bits per heavy atom. The number of aromatic nitrogens is 2. The topological polar surface area (TPSA) is 67.8 Å². The van der Waals surface area contributed by atoms with Crippen molar-refractivity contribution in [1.29, 1.82) is 0 Å². The molecule has 2 saturated heterocycles. The van der Waals surface area contributed by atoms with E-state index in [-0.39, 0.29) is 6.10 Å². The summed E-state index contributed by atoms with van der Waals surface area (Å²) in [7, 11) is -1.01. The Kier molecular flexibility index (Phi) is 5.80. The summed E-state index contributed by atoms with van der Waals surface area (Å²) in [6.07, 6.45) is 2.73. The molecule has 160 valence electrons. The van der Waals surface area contributed by atoms with Gasteiger partial charge in [-0.1, -0.05) is 11.6 Å². The Labute approximate surface area is 183 Å². The molecule has 1 aromatic carbocycles. The van der Waals surface area contributed by atoms with Gasteiger partial charge in [-0.25, -0.2) is 4.98 Å². The van der Waals surface area contributed by atoms with Crippen molar-refractivity contribution in [3.05, 3.63) is 35.0 Å². The van der Waals surface area contributed by atoms with Crippen molar-refractivity contribution in [2.75, 3.05) is 54.9 Å². The van der Waals surface area contributed by atoms with Gasteiger partial charge in [0, 0.05) is 56.2 Å². The van der Waals surface area contributed by atoms with Crippen molar-refractivity contribution in [2.45, 2.75) is 30.3 Å². The minimum absolute atomic E-state index is 0.170. The highest BCUT2D eigenvalue weighted by Gasteiger charge is 2.31. The maximum atomic E-state index is 12.6. The van der Waals surface area contributed by atoms with Gasteiger partial charge < -0.3 is 19.3 Å². The molecule has 2 fully saturated rings. The molecule has 0 aliphatic carbocycles. The fourth-order valence-electron chi connectivity index (χ4n) is 4.18. The van der Waals surface area contributed by atoms with Crippen LogP contribution in [0.4, 0.5) is 11.8 Å². The number of aryl methyl sites for hydroxylation is 1. The molecule has 0 spiro atoms. The average molecular weight is 449 g/mol. The maximum Gasteiger partial charge on any atom is 0.227 e. The normalized spacial score (nSPS) is 22.2. The smallest absolute Gasteiger partial charge is 0.227 e. The van der Waals surface area contributed by atoms with Gasteiger partial charge in [0.15, 0.2) is 5.82 Å². The number of hydrogen-bond donors (Lipinski definition) is 0. The lowest BCUT2D eigenvalue weighted by atomic mass is 10.1. The first-order valence-electron chi connectivity index (χ1n) is 10.5. The number of benzene rings is 1. The molecule has 4 heterocycles. The van der Waals surface area contributed by atoms with Crippen LogP contribution in [0.5, 0.6) is 5.75 Å². The Hall–Kier alpha value is -1.90. The van der Waals surface area contributed by atoms with E-state index in [9.17, 15) is 4.21 Å². The molecule has 30 heavy (non-hydrogen) atoms. The summed E-state index contributed by atoms with van der Waals surface area (Å²) in [5.74, 6) is 3.08. The van der Waals surface area contributed by atoms with E-state index in [0.717, 1.165) is 73.5 Å². The largest absolute Gasteiger partial charge is 0.490 e. The zero-order valence-corrected chi connectivity index (χ0v) is 18.3. The van der Waals surface area contributed by atoms with E-state index in [4.69, 9.17) is 31.0 Å². The third-order valence-corrected chi connectivity index (χ3v) is 7.51. The van der Waals surface area contributed by atoms with Gasteiger partial charge in [-0.3, -0.25) is 4.21 Å². The molecule has 1 aromatic heterocycles. The molecule has 3 aliphatic heterocycles. The van der Waals surface area contributed by atoms with Crippen LogP contribution in [-0.2, 0) is 22.0 Å². The summed E-state index contributed by atoms with van der Waals surface area (Å²) in [6.45, 7) is 4.57. The van der Waals surface area contributed by atoms with Crippen molar-refractivity contribution in [2.24, 2.45) is 0 Å². The van der Waals surface area contributed by atoms with Gasteiger partial charge in [-0.05, 0) is 24.3 Å². The second-order valence-corrected chi connectivity index (χ2v) is 9.72. The maximum absolute atomic E-state index is 12.6. The Bertz CT molecular complexity index is 929. The first-order chi connectivity index (χ1) is 14.7. The molecule has 3 aliphatic rings. The van der Waals surface area contributed by atoms with Gasteiger partial charge in [0.25, 0.3) is 0 Å². The highest BCUT2D eigenvalue weighted by Crippen LogP contribution is 2.33. The second-order valence-electron chi connectivity index (χ2n) is 7.78. The summed E-state index contributed by atoms with van der Waals surface area (Å²) in [5, 5.41) is 0.711. The molecular formula is C21H25ClN4O3S. The highest BCUT2D eigenvalue weighted by molar-refractivity contribution is 7.85. The molecule has 9 heteroatoms. The lowest BCUT2D eigenvalue weighted by Crippen LogP contribution is -2.40. The van der Waals surface area contributed by atoms with Gasteiger partial charge >= 0.3 is 0 Å². The number of ether oxygens (including phenoxy) is 2. The third kappa shape index (κ3) is 4.13. The SMILES string of the molecule is O=[S@@]1CCc2nc(N3CCC(Oc4ccc(Cl)cc4)CC3)nc(N3CCOCC3)c21. The molecule has 0 amide bonds. The monoisotopic (exact) mass is 448 g/mol. The number of halogens is 1. The molecule has 2 aromatic rings. The minimum atomic E-state index is -1.01. The van der Waals surface area contributed by atoms with Gasteiger partial charge in [-0.2, -0.15) is 4.98 Å². The zero-order valence-electron chi connectivity index (χ0n) is 16.8. The fraction of sp³-hybridized carbons (Fsp3) is 0.524. The number of rotatable bonds is 4. The summed E-state index contributed by atoms with van der Waals surface area (Å²) in [5.41, 5.74) is 0.944. The third-order valence-electron chi connectivity index (χ3n) is 5.81. The van der Waals surface area contributed by atoms with Crippen LogP contribution in [-0.4, -0.2) is 65.4 Å². The van der Waals surface area contributed by atoms with Gasteiger partial charge in [0.05, 0.1) is 29.7 Å². The molecule has 0 saturated carbocycles. The summed E-state index contributed by atoms with van der Waals surface area (Å²) < 4.78 is 24.2. The lowest BCUT2D eigenvalue weighted by Gasteiger charge is -2.34. The summed E-state index contributed by atoms with van der Waals surface area (Å²) in [6, 6.07) is 7.52. The van der Waals surface area contributed by atoms with E-state index in [1.165, 1.54) is 0 Å². The van der Waals surface area contributed by atoms with Crippen molar-refractivity contribution in [3.63, 3.8) is 0 Å². The molecule has 0 N–H and O–H groups in total. The fourth-order valence-corrected chi connectivity index (χ4v) is 5.67. The standard InChI is InChI=1S/C21H25ClN4O3S/c22-15-1-3-16(4-2-15)29-17-5-8-26(9-6-17)21-23-18-7-14-30(27)19(18)20(24-21)25-10-12-28-13-11-25/h1-4,17H,5-14H2/t30-/m1/s1. The van der Waals surface area contributed by atoms with Crippen LogP contribution in [0.2, 0.25) is 5.02 Å². The van der Waals surface area contributed by atoms with Gasteiger partial charge in [0.2, 0.25) is 5.95 Å². The summed E-state index contributed by atoms with van der Waals surface area (Å²) in [4.78, 5) is 15.0. The van der Waals surface area contributed by atoms with Crippen molar-refractivity contribution in [3.8, 4) is 5.75 Å². The Morgan fingerprint density at radius 1 is 1.03 bits per heavy atom. The van der Waals surface area contributed by atoms with E-state index in [1.807, 2.05) is 24.3 Å². The predicted octanol–water partition coefficient (Wildman–Crippen LogP) is 2.68. The average Bonchev–Trinajstić information content (AvgIpc) is 3.17. The number of nitrogens with zero attached hydrogens (tertiary/aromatic N) is 4. The molecule has 5 rings (SSSR count). The van der Waals surface area contributed by atoms with E-state index in [1.54, 1.807) is 0 Å². The number of fused-ring (bicyclic) bond motifs is 1. The predicted molar refractivity (Wildman–Crippen MR) is 117 cm³/mol. The highest BCUT2D eigenvalue weighted by atomic mass is 35.5. The molecular weight excluding hydrogens is 424 g/mol. The van der Waals surface area contributed by atoms with Crippen LogP contribution >= 0.6 is 11.6 Å². The van der Waals surface area contributed by atoms with Crippen LogP contribution < -0.4 is 14.5 Å². The Morgan fingerprint density at radius 2 is 1.77 bits per heavy atom. The van der Waals surface area contributed by atoms with Gasteiger partial charge in [0.1, 0.15) is 16.7 Å². The van der Waals surface area contributed by atoms with Crippen LogP contribution in [0.15, 0.2) is 29.2 Å². The Balaban J connectivity index is 1.31. The molecule has 0 bridgehead atoms.